The summed E-state index contributed by atoms with van der Waals surface area (Å²) in [4.78, 5) is 3.87. The molecule has 1 rings (SSSR count). The molecule has 0 spiro atoms. The van der Waals surface area contributed by atoms with Gasteiger partial charge in [-0.3, -0.25) is 4.99 Å². The first kappa shape index (κ1) is 3.81. The Bertz CT molecular complexity index is 67.9. The molecule has 0 aliphatic carbocycles. The summed E-state index contributed by atoms with van der Waals surface area (Å²) in [6.45, 7) is 2.71. The normalized spacial score (nSPS) is 31.8. The van der Waals surface area contributed by atoms with Crippen molar-refractivity contribution in [1.29, 1.82) is 0 Å². The van der Waals surface area contributed by atoms with E-state index in [1.54, 1.807) is 0 Å². The molecule has 1 aliphatic heterocycles. The van der Waals surface area contributed by atoms with Crippen LogP contribution in [0.1, 0.15) is 6.92 Å². The Hall–Kier alpha value is -0.370. The smallest absolute Gasteiger partial charge is 0.104 e. The lowest BCUT2D eigenvalue weighted by atomic mass is 10.4. The van der Waals surface area contributed by atoms with Crippen LogP contribution >= 0.6 is 0 Å². The molecular formula is C4H7N2. The largest absolute Gasteiger partial charge is 0.279 e. The summed E-state index contributed by atoms with van der Waals surface area (Å²) in [5, 5.41) is 4.01. The van der Waals surface area contributed by atoms with Crippen molar-refractivity contribution >= 4 is 6.21 Å². The van der Waals surface area contributed by atoms with Crippen molar-refractivity contribution in [3.8, 4) is 0 Å². The lowest BCUT2D eigenvalue weighted by Gasteiger charge is -1.88. The molecule has 0 aromatic rings. The number of nitrogens with zero attached hydrogens (tertiary/aromatic N) is 2. The van der Waals surface area contributed by atoms with Crippen LogP contribution in [0, 0.1) is 0 Å². The highest BCUT2D eigenvalue weighted by Crippen LogP contribution is 1.85. The average Bonchev–Trinajstić information content (AvgIpc) is 1.86. The van der Waals surface area contributed by atoms with E-state index in [1.165, 1.54) is 0 Å². The van der Waals surface area contributed by atoms with Gasteiger partial charge in [0, 0.05) is 6.21 Å². The van der Waals surface area contributed by atoms with Gasteiger partial charge in [-0.15, -0.1) is 0 Å². The molecule has 0 bridgehead atoms. The molecule has 0 saturated carbocycles. The van der Waals surface area contributed by atoms with E-state index in [0.29, 0.717) is 12.7 Å². The Morgan fingerprint density at radius 2 is 2.67 bits per heavy atom. The minimum absolute atomic E-state index is 0.380. The summed E-state index contributed by atoms with van der Waals surface area (Å²) in [5.41, 5.74) is 0. The van der Waals surface area contributed by atoms with E-state index < -0.39 is 0 Å². The molecule has 0 fully saturated rings. The summed E-state index contributed by atoms with van der Waals surface area (Å²) in [6, 6.07) is 0.380. The second-order valence-corrected chi connectivity index (χ2v) is 1.40. The SMILES string of the molecule is CC1C=NC[N]1. The highest BCUT2D eigenvalue weighted by Gasteiger charge is 2.00. The van der Waals surface area contributed by atoms with Crippen LogP contribution in [0.4, 0.5) is 0 Å². The first-order chi connectivity index (χ1) is 2.89. The lowest BCUT2D eigenvalue weighted by Crippen LogP contribution is -2.11. The highest BCUT2D eigenvalue weighted by atomic mass is 15.1. The predicted molar refractivity (Wildman–Crippen MR) is 25.0 cm³/mol. The van der Waals surface area contributed by atoms with Gasteiger partial charge in [-0.1, -0.05) is 0 Å². The minimum Gasteiger partial charge on any atom is -0.279 e. The first-order valence-corrected chi connectivity index (χ1v) is 2.06. The maximum Gasteiger partial charge on any atom is 0.104 e. The maximum absolute atomic E-state index is 4.01. The average molecular weight is 83.1 g/mol. The Kier molecular flexibility index (Phi) is 0.881. The second kappa shape index (κ2) is 1.39. The maximum atomic E-state index is 4.01. The number of rotatable bonds is 0. The van der Waals surface area contributed by atoms with Crippen molar-refractivity contribution in [2.75, 3.05) is 6.67 Å². The van der Waals surface area contributed by atoms with Crippen molar-refractivity contribution < 1.29 is 0 Å². The Balaban J connectivity index is 2.38. The molecule has 2 heteroatoms. The molecule has 1 radical (unpaired) electrons. The second-order valence-electron chi connectivity index (χ2n) is 1.40. The molecule has 0 amide bonds. The van der Waals surface area contributed by atoms with E-state index >= 15 is 0 Å². The van der Waals surface area contributed by atoms with E-state index in [2.05, 4.69) is 10.3 Å². The van der Waals surface area contributed by atoms with Crippen LogP contribution in [0.15, 0.2) is 4.99 Å². The molecule has 1 heterocycles. The molecule has 33 valence electrons. The molecule has 1 atom stereocenters. The van der Waals surface area contributed by atoms with Crippen LogP contribution in [0.2, 0.25) is 0 Å². The molecule has 0 saturated heterocycles. The summed E-state index contributed by atoms with van der Waals surface area (Å²) in [6.07, 6.45) is 1.86. The van der Waals surface area contributed by atoms with Crippen molar-refractivity contribution in [3.05, 3.63) is 0 Å². The van der Waals surface area contributed by atoms with Gasteiger partial charge in [0.05, 0.1) is 6.04 Å². The van der Waals surface area contributed by atoms with Crippen LogP contribution in [-0.4, -0.2) is 18.9 Å². The van der Waals surface area contributed by atoms with E-state index in [9.17, 15) is 0 Å². The van der Waals surface area contributed by atoms with Crippen molar-refractivity contribution in [3.63, 3.8) is 0 Å². The molecule has 0 aromatic carbocycles. The van der Waals surface area contributed by atoms with E-state index in [1.807, 2.05) is 13.1 Å². The summed E-state index contributed by atoms with van der Waals surface area (Å²) in [7, 11) is 0. The van der Waals surface area contributed by atoms with Gasteiger partial charge >= 0.3 is 0 Å². The third kappa shape index (κ3) is 0.571. The highest BCUT2D eigenvalue weighted by molar-refractivity contribution is 5.65. The van der Waals surface area contributed by atoms with E-state index in [0.717, 1.165) is 0 Å². The fraction of sp³-hybridized carbons (Fsp3) is 0.750. The first-order valence-electron chi connectivity index (χ1n) is 2.06. The van der Waals surface area contributed by atoms with Crippen molar-refractivity contribution in [1.82, 2.24) is 5.32 Å². The fourth-order valence-corrected chi connectivity index (χ4v) is 0.423. The van der Waals surface area contributed by atoms with E-state index in [-0.39, 0.29) is 0 Å². The third-order valence-electron chi connectivity index (χ3n) is 0.772. The Labute approximate surface area is 37.3 Å². The molecule has 1 aliphatic rings. The van der Waals surface area contributed by atoms with E-state index in [4.69, 9.17) is 0 Å². The molecule has 2 nitrogen and oxygen atoms in total. The van der Waals surface area contributed by atoms with Gasteiger partial charge < -0.3 is 0 Å². The van der Waals surface area contributed by atoms with Crippen LogP contribution in [0.5, 0.6) is 0 Å². The number of aliphatic imine (C=N–C) groups is 1. The van der Waals surface area contributed by atoms with Gasteiger partial charge in [0.2, 0.25) is 0 Å². The lowest BCUT2D eigenvalue weighted by molar-refractivity contribution is 0.713. The van der Waals surface area contributed by atoms with Gasteiger partial charge in [0.1, 0.15) is 6.67 Å². The molecule has 0 aromatic heterocycles. The van der Waals surface area contributed by atoms with Crippen molar-refractivity contribution in [2.45, 2.75) is 13.0 Å². The quantitative estimate of drug-likeness (QED) is 0.395. The van der Waals surface area contributed by atoms with Gasteiger partial charge in [0.15, 0.2) is 0 Å². The van der Waals surface area contributed by atoms with Crippen molar-refractivity contribution in [2.24, 2.45) is 4.99 Å². The molecule has 1 unspecified atom stereocenters. The molecule has 0 N–H and O–H groups in total. The fourth-order valence-electron chi connectivity index (χ4n) is 0.423. The zero-order chi connectivity index (χ0) is 4.41. The molecule has 6 heavy (non-hydrogen) atoms. The van der Waals surface area contributed by atoms with Gasteiger partial charge in [-0.05, 0) is 6.92 Å². The summed E-state index contributed by atoms with van der Waals surface area (Å²) >= 11 is 0. The molecular weight excluding hydrogens is 76.1 g/mol. The number of hydrogen-bond donors (Lipinski definition) is 0. The monoisotopic (exact) mass is 83.1 g/mol. The standard InChI is InChI=1S/C4H7N2/c1-4-2-5-3-6-4/h2,4H,3H2,1H3. The summed E-state index contributed by atoms with van der Waals surface area (Å²) in [5.74, 6) is 0. The van der Waals surface area contributed by atoms with Crippen LogP contribution in [0.25, 0.3) is 0 Å². The topological polar surface area (TPSA) is 26.5 Å². The van der Waals surface area contributed by atoms with Gasteiger partial charge in [0.25, 0.3) is 0 Å². The van der Waals surface area contributed by atoms with Gasteiger partial charge in [-0.2, -0.15) is 0 Å². The predicted octanol–water partition coefficient (Wildman–Crippen LogP) is 0.0212. The zero-order valence-corrected chi connectivity index (χ0v) is 3.76. The summed E-state index contributed by atoms with van der Waals surface area (Å²) < 4.78 is 0. The minimum atomic E-state index is 0.380. The number of hydrogen-bond acceptors (Lipinski definition) is 1. The zero-order valence-electron chi connectivity index (χ0n) is 3.76. The Morgan fingerprint density at radius 1 is 1.83 bits per heavy atom. The van der Waals surface area contributed by atoms with Crippen LogP contribution in [0.3, 0.4) is 0 Å². The van der Waals surface area contributed by atoms with Crippen LogP contribution in [-0.2, 0) is 0 Å². The van der Waals surface area contributed by atoms with Gasteiger partial charge in [-0.25, -0.2) is 5.32 Å². The third-order valence-corrected chi connectivity index (χ3v) is 0.772. The Morgan fingerprint density at radius 3 is 2.83 bits per heavy atom. The van der Waals surface area contributed by atoms with Crippen LogP contribution < -0.4 is 5.32 Å².